The Morgan fingerprint density at radius 3 is 2.68 bits per heavy atom. The summed E-state index contributed by atoms with van der Waals surface area (Å²) in [6.45, 7) is 7.94. The number of carbonyl (C=O) groups is 3. The first-order chi connectivity index (χ1) is 13.0. The van der Waals surface area contributed by atoms with Gasteiger partial charge in [0.15, 0.2) is 5.78 Å². The largest absolute Gasteiger partial charge is 0.461 e. The zero-order valence-corrected chi connectivity index (χ0v) is 16.4. The Kier molecular flexibility index (Phi) is 6.80. The fourth-order valence-electron chi connectivity index (χ4n) is 3.36. The number of hydrogen-bond acceptors (Lipinski definition) is 8. The Balaban J connectivity index is 2.52. The van der Waals surface area contributed by atoms with Crippen molar-refractivity contribution in [3.8, 4) is 0 Å². The molecule has 0 unspecified atom stereocenters. The van der Waals surface area contributed by atoms with Gasteiger partial charge in [0.2, 0.25) is 0 Å². The number of fused-ring (bicyclic) bond motifs is 1. The number of hydrogen-bond donors (Lipinski definition) is 3. The zero-order chi connectivity index (χ0) is 21.2. The van der Waals surface area contributed by atoms with E-state index in [1.54, 1.807) is 6.92 Å². The Labute approximate surface area is 163 Å². The molecule has 8 nitrogen and oxygen atoms in total. The molecule has 1 fully saturated rings. The van der Waals surface area contributed by atoms with Crippen LogP contribution in [0.15, 0.2) is 23.8 Å². The van der Waals surface area contributed by atoms with Crippen LogP contribution in [0.1, 0.15) is 40.0 Å². The van der Waals surface area contributed by atoms with Gasteiger partial charge in [0.1, 0.15) is 12.2 Å². The second-order valence-electron chi connectivity index (χ2n) is 7.76. The van der Waals surface area contributed by atoms with Crippen LogP contribution in [0, 0.1) is 11.8 Å². The van der Waals surface area contributed by atoms with Gasteiger partial charge in [-0.2, -0.15) is 0 Å². The van der Waals surface area contributed by atoms with E-state index in [-0.39, 0.29) is 17.6 Å². The number of aliphatic hydroxyl groups is 3. The maximum absolute atomic E-state index is 12.4. The van der Waals surface area contributed by atoms with Crippen LogP contribution in [0.4, 0.5) is 0 Å². The third-order valence-corrected chi connectivity index (χ3v) is 5.55. The highest BCUT2D eigenvalue weighted by Crippen LogP contribution is 2.38. The molecule has 0 spiro atoms. The highest BCUT2D eigenvalue weighted by molar-refractivity contribution is 5.97. The van der Waals surface area contributed by atoms with Crippen LogP contribution in [0.5, 0.6) is 0 Å². The molecule has 8 heteroatoms. The van der Waals surface area contributed by atoms with Crippen molar-refractivity contribution in [1.29, 1.82) is 0 Å². The summed E-state index contributed by atoms with van der Waals surface area (Å²) in [5.41, 5.74) is -1.80. The lowest BCUT2D eigenvalue weighted by Gasteiger charge is -2.36. The maximum Gasteiger partial charge on any atom is 0.334 e. The van der Waals surface area contributed by atoms with Crippen molar-refractivity contribution in [1.82, 2.24) is 0 Å². The molecule has 0 radical (unpaired) electrons. The molecule has 1 aliphatic heterocycles. The number of rotatable bonds is 4. The number of aliphatic hydroxyl groups excluding tert-OH is 2. The van der Waals surface area contributed by atoms with Crippen LogP contribution in [0.2, 0.25) is 0 Å². The lowest BCUT2D eigenvalue weighted by Crippen LogP contribution is -2.48. The molecule has 2 rings (SSSR count). The van der Waals surface area contributed by atoms with E-state index in [9.17, 15) is 29.7 Å². The molecule has 0 bridgehead atoms. The Morgan fingerprint density at radius 1 is 1.46 bits per heavy atom. The predicted molar refractivity (Wildman–Crippen MR) is 97.9 cm³/mol. The summed E-state index contributed by atoms with van der Waals surface area (Å²) >= 11 is 0. The first-order valence-electron chi connectivity index (χ1n) is 9.37. The molecular weight excluding hydrogens is 368 g/mol. The highest BCUT2D eigenvalue weighted by atomic mass is 16.6. The van der Waals surface area contributed by atoms with Crippen molar-refractivity contribution in [2.75, 3.05) is 6.61 Å². The molecular formula is C20H28O8. The third kappa shape index (κ3) is 4.51. The number of esters is 2. The molecule has 2 aliphatic rings. The third-order valence-electron chi connectivity index (χ3n) is 5.55. The standard InChI is InChI=1S/C20H28O8/c1-5-10(2)18(24)28-15-8-20(4,26)16(23)7-13(22)12(9-21)6-14-17(15)11(3)19(25)27-14/h6,10,14-17,21,23,26H,3,5,7-9H2,1-2,4H3/b12-6-/t10-,14+,15+,16-,17-,20-/m0/s1. The molecule has 6 atom stereocenters. The molecule has 1 heterocycles. The minimum absolute atomic E-state index is 0.0406. The van der Waals surface area contributed by atoms with Gasteiger partial charge in [-0.3, -0.25) is 9.59 Å². The number of carbonyl (C=O) groups excluding carboxylic acids is 3. The van der Waals surface area contributed by atoms with Crippen molar-refractivity contribution in [3.63, 3.8) is 0 Å². The number of ether oxygens (including phenoxy) is 2. The maximum atomic E-state index is 12.4. The van der Waals surface area contributed by atoms with Crippen LogP contribution in [-0.4, -0.2) is 63.6 Å². The quantitative estimate of drug-likeness (QED) is 0.461. The van der Waals surface area contributed by atoms with Gasteiger partial charge in [-0.1, -0.05) is 20.4 Å². The van der Waals surface area contributed by atoms with Crippen molar-refractivity contribution in [2.24, 2.45) is 11.8 Å². The molecule has 3 N–H and O–H groups in total. The summed E-state index contributed by atoms with van der Waals surface area (Å²) in [5, 5.41) is 30.7. The van der Waals surface area contributed by atoms with Gasteiger partial charge in [0.25, 0.3) is 0 Å². The fraction of sp³-hybridized carbons (Fsp3) is 0.650. The van der Waals surface area contributed by atoms with Gasteiger partial charge in [-0.15, -0.1) is 0 Å². The molecule has 0 aromatic heterocycles. The van der Waals surface area contributed by atoms with Crippen molar-refractivity contribution < 1.29 is 39.2 Å². The Morgan fingerprint density at radius 2 is 2.11 bits per heavy atom. The summed E-state index contributed by atoms with van der Waals surface area (Å²) < 4.78 is 10.9. The van der Waals surface area contributed by atoms with E-state index in [1.807, 2.05) is 6.92 Å². The minimum atomic E-state index is -1.79. The molecule has 0 aromatic rings. The van der Waals surface area contributed by atoms with Crippen molar-refractivity contribution in [2.45, 2.75) is 63.9 Å². The van der Waals surface area contributed by atoms with Crippen molar-refractivity contribution >= 4 is 17.7 Å². The first kappa shape index (κ1) is 22.3. The second kappa shape index (κ2) is 8.55. The Bertz CT molecular complexity index is 692. The van der Waals surface area contributed by atoms with Gasteiger partial charge < -0.3 is 24.8 Å². The topological polar surface area (TPSA) is 130 Å². The normalized spacial score (nSPS) is 36.8. The van der Waals surface area contributed by atoms with Gasteiger partial charge in [0, 0.05) is 24.0 Å². The minimum Gasteiger partial charge on any atom is -0.461 e. The van der Waals surface area contributed by atoms with E-state index in [4.69, 9.17) is 9.47 Å². The van der Waals surface area contributed by atoms with E-state index in [0.717, 1.165) is 0 Å². The second-order valence-corrected chi connectivity index (χ2v) is 7.76. The first-order valence-corrected chi connectivity index (χ1v) is 9.37. The average molecular weight is 396 g/mol. The summed E-state index contributed by atoms with van der Waals surface area (Å²) in [6.07, 6.45) is -2.26. The van der Waals surface area contributed by atoms with E-state index < -0.39 is 66.5 Å². The monoisotopic (exact) mass is 396 g/mol. The lowest BCUT2D eigenvalue weighted by atomic mass is 9.79. The summed E-state index contributed by atoms with van der Waals surface area (Å²) in [4.78, 5) is 36.9. The summed E-state index contributed by atoms with van der Waals surface area (Å²) in [6, 6.07) is 0. The molecule has 156 valence electrons. The molecule has 1 aliphatic carbocycles. The molecule has 0 amide bonds. The highest BCUT2D eigenvalue weighted by Gasteiger charge is 2.49. The van der Waals surface area contributed by atoms with Gasteiger partial charge >= 0.3 is 11.9 Å². The summed E-state index contributed by atoms with van der Waals surface area (Å²) in [7, 11) is 0. The van der Waals surface area contributed by atoms with E-state index >= 15 is 0 Å². The van der Waals surface area contributed by atoms with E-state index in [2.05, 4.69) is 6.58 Å². The van der Waals surface area contributed by atoms with Crippen LogP contribution >= 0.6 is 0 Å². The predicted octanol–water partition coefficient (Wildman–Crippen LogP) is 0.436. The van der Waals surface area contributed by atoms with Crippen molar-refractivity contribution in [3.05, 3.63) is 23.8 Å². The van der Waals surface area contributed by atoms with Gasteiger partial charge in [-0.25, -0.2) is 4.79 Å². The van der Waals surface area contributed by atoms with E-state index in [0.29, 0.717) is 6.42 Å². The smallest absolute Gasteiger partial charge is 0.334 e. The number of ketones is 1. The summed E-state index contributed by atoms with van der Waals surface area (Å²) in [5.74, 6) is -3.05. The molecule has 0 saturated carbocycles. The van der Waals surface area contributed by atoms with Crippen LogP contribution in [0.3, 0.4) is 0 Å². The van der Waals surface area contributed by atoms with Gasteiger partial charge in [0.05, 0.1) is 30.1 Å². The van der Waals surface area contributed by atoms with E-state index in [1.165, 1.54) is 13.0 Å². The SMILES string of the molecule is C=C1C(=O)O[C@@H]2/C=C(/CO)C(=O)C[C@H](O)[C@@](C)(O)C[C@@H](OC(=O)[C@@H](C)CC)[C@@H]12. The molecule has 0 aromatic carbocycles. The average Bonchev–Trinajstić information content (AvgIpc) is 2.90. The van der Waals surface area contributed by atoms with Crippen LogP contribution < -0.4 is 0 Å². The lowest BCUT2D eigenvalue weighted by molar-refractivity contribution is -0.165. The zero-order valence-electron chi connectivity index (χ0n) is 16.4. The van der Waals surface area contributed by atoms with Crippen LogP contribution in [-0.2, 0) is 23.9 Å². The number of Topliss-reactive ketones (excluding diaryl/α,β-unsaturated/α-hetero) is 1. The van der Waals surface area contributed by atoms with Gasteiger partial charge in [-0.05, 0) is 19.4 Å². The molecule has 1 saturated heterocycles. The fourth-order valence-corrected chi connectivity index (χ4v) is 3.36. The van der Waals surface area contributed by atoms with Crippen LogP contribution in [0.25, 0.3) is 0 Å². The Hall–Kier alpha value is -2.03. The molecule has 28 heavy (non-hydrogen) atoms.